The van der Waals surface area contributed by atoms with E-state index in [-0.39, 0.29) is 5.28 Å². The van der Waals surface area contributed by atoms with E-state index >= 15 is 0 Å². The summed E-state index contributed by atoms with van der Waals surface area (Å²) in [5.41, 5.74) is 0.987. The molecule has 2 heterocycles. The van der Waals surface area contributed by atoms with E-state index in [1.807, 2.05) is 12.3 Å². The number of nitrogens with one attached hydrogen (secondary N) is 1. The predicted octanol–water partition coefficient (Wildman–Crippen LogP) is 2.48. The minimum absolute atomic E-state index is 0.176. The molecular formula is C8H8ClN5S2. The van der Waals surface area contributed by atoms with Crippen LogP contribution in [0.2, 0.25) is 5.28 Å². The van der Waals surface area contributed by atoms with Crippen molar-refractivity contribution in [1.29, 1.82) is 0 Å². The number of aromatic nitrogens is 4. The second-order valence-electron chi connectivity index (χ2n) is 2.82. The number of halogens is 1. The molecule has 0 radical (unpaired) electrons. The number of aryl methyl sites for hydroxylation is 1. The summed E-state index contributed by atoms with van der Waals surface area (Å²) in [6.45, 7) is 1.94. The highest BCUT2D eigenvalue weighted by Crippen LogP contribution is 2.28. The van der Waals surface area contributed by atoms with Gasteiger partial charge in [-0.15, -0.1) is 11.3 Å². The summed E-state index contributed by atoms with van der Waals surface area (Å²) in [5.74, 6) is 0.454. The van der Waals surface area contributed by atoms with E-state index in [0.29, 0.717) is 11.1 Å². The zero-order valence-corrected chi connectivity index (χ0v) is 10.9. The van der Waals surface area contributed by atoms with Gasteiger partial charge in [-0.1, -0.05) is 0 Å². The van der Waals surface area contributed by atoms with Crippen molar-refractivity contribution in [1.82, 2.24) is 19.9 Å². The third-order valence-corrected chi connectivity index (χ3v) is 3.68. The lowest BCUT2D eigenvalue weighted by molar-refractivity contribution is 0.907. The molecule has 2 rings (SSSR count). The van der Waals surface area contributed by atoms with Gasteiger partial charge in [0, 0.05) is 18.1 Å². The van der Waals surface area contributed by atoms with Crippen LogP contribution < -0.4 is 5.32 Å². The van der Waals surface area contributed by atoms with Crippen LogP contribution in [0.25, 0.3) is 0 Å². The monoisotopic (exact) mass is 273 g/mol. The van der Waals surface area contributed by atoms with Gasteiger partial charge in [-0.25, -0.2) is 4.98 Å². The molecule has 0 saturated heterocycles. The Balaban J connectivity index is 2.24. The summed E-state index contributed by atoms with van der Waals surface area (Å²) < 4.78 is 0.891. The van der Waals surface area contributed by atoms with Crippen LogP contribution in [0.4, 0.5) is 5.95 Å². The highest BCUT2D eigenvalue weighted by Gasteiger charge is 2.08. The molecule has 0 aromatic carbocycles. The van der Waals surface area contributed by atoms with Crippen molar-refractivity contribution in [3.8, 4) is 0 Å². The summed E-state index contributed by atoms with van der Waals surface area (Å²) in [4.78, 5) is 16.4. The van der Waals surface area contributed by atoms with Crippen LogP contribution in [0.1, 0.15) is 5.69 Å². The van der Waals surface area contributed by atoms with Crippen molar-refractivity contribution in [3.05, 3.63) is 16.4 Å². The van der Waals surface area contributed by atoms with Gasteiger partial charge < -0.3 is 5.32 Å². The van der Waals surface area contributed by atoms with Gasteiger partial charge in [0.25, 0.3) is 0 Å². The fourth-order valence-corrected chi connectivity index (χ4v) is 2.85. The molecule has 0 aliphatic heterocycles. The van der Waals surface area contributed by atoms with E-state index in [4.69, 9.17) is 11.6 Å². The van der Waals surface area contributed by atoms with Crippen LogP contribution in [-0.4, -0.2) is 27.0 Å². The largest absolute Gasteiger partial charge is 0.357 e. The number of thiazole rings is 1. The highest BCUT2D eigenvalue weighted by molar-refractivity contribution is 8.00. The molecule has 0 unspecified atom stereocenters. The fraction of sp³-hybridized carbons (Fsp3) is 0.250. The van der Waals surface area contributed by atoms with E-state index in [0.717, 1.165) is 10.0 Å². The average Bonchev–Trinajstić information content (AvgIpc) is 2.63. The Morgan fingerprint density at radius 2 is 2.12 bits per heavy atom. The zero-order valence-electron chi connectivity index (χ0n) is 8.56. The van der Waals surface area contributed by atoms with Crippen LogP contribution in [0.3, 0.4) is 0 Å². The quantitative estimate of drug-likeness (QED) is 0.927. The van der Waals surface area contributed by atoms with Gasteiger partial charge in [-0.2, -0.15) is 15.0 Å². The molecule has 16 heavy (non-hydrogen) atoms. The van der Waals surface area contributed by atoms with Gasteiger partial charge in [-0.3, -0.25) is 0 Å². The Morgan fingerprint density at radius 3 is 2.75 bits per heavy atom. The molecule has 0 saturated carbocycles. The molecule has 0 spiro atoms. The smallest absolute Gasteiger partial charge is 0.228 e. The van der Waals surface area contributed by atoms with Crippen molar-refractivity contribution in [2.45, 2.75) is 16.4 Å². The average molecular weight is 274 g/mol. The first-order valence-corrected chi connectivity index (χ1v) is 6.44. The van der Waals surface area contributed by atoms with Crippen LogP contribution >= 0.6 is 34.7 Å². The van der Waals surface area contributed by atoms with Crippen LogP contribution in [0.15, 0.2) is 14.9 Å². The van der Waals surface area contributed by atoms with Crippen molar-refractivity contribution in [2.75, 3.05) is 12.4 Å². The van der Waals surface area contributed by atoms with E-state index in [1.165, 1.54) is 11.8 Å². The molecule has 0 bridgehead atoms. The lowest BCUT2D eigenvalue weighted by Gasteiger charge is -2.00. The van der Waals surface area contributed by atoms with Gasteiger partial charge in [-0.05, 0) is 30.3 Å². The maximum atomic E-state index is 5.77. The minimum atomic E-state index is 0.176. The molecular weight excluding hydrogens is 266 g/mol. The number of nitrogens with zero attached hydrogens (tertiary/aromatic N) is 4. The summed E-state index contributed by atoms with van der Waals surface area (Å²) in [7, 11) is 1.73. The molecule has 0 aliphatic carbocycles. The molecule has 84 valence electrons. The summed E-state index contributed by atoms with van der Waals surface area (Å²) in [6.07, 6.45) is 0. The topological polar surface area (TPSA) is 63.6 Å². The molecule has 0 atom stereocenters. The minimum Gasteiger partial charge on any atom is -0.357 e. The lowest BCUT2D eigenvalue weighted by Crippen LogP contribution is -1.99. The van der Waals surface area contributed by atoms with Gasteiger partial charge >= 0.3 is 0 Å². The third-order valence-electron chi connectivity index (χ3n) is 1.59. The van der Waals surface area contributed by atoms with Crippen LogP contribution in [0.5, 0.6) is 0 Å². The Bertz CT molecular complexity index is 501. The SMILES string of the molecule is CNc1nc(Cl)nc(Sc2nc(C)cs2)n1. The standard InChI is InChI=1S/C8H8ClN5S2/c1-4-3-15-8(11-4)16-7-13-5(9)12-6(10-2)14-7/h3H,1-2H3,(H,10,12,13,14). The van der Waals surface area contributed by atoms with Gasteiger partial charge in [0.2, 0.25) is 16.4 Å². The lowest BCUT2D eigenvalue weighted by atomic mass is 10.6. The predicted molar refractivity (Wildman–Crippen MR) is 65.4 cm³/mol. The summed E-state index contributed by atoms with van der Waals surface area (Å²) in [5, 5.41) is 5.51. The zero-order chi connectivity index (χ0) is 11.5. The van der Waals surface area contributed by atoms with Crippen molar-refractivity contribution in [3.63, 3.8) is 0 Å². The molecule has 2 aromatic rings. The van der Waals surface area contributed by atoms with Crippen molar-refractivity contribution in [2.24, 2.45) is 0 Å². The second-order valence-corrected chi connectivity index (χ2v) is 5.23. The molecule has 5 nitrogen and oxygen atoms in total. The van der Waals surface area contributed by atoms with Gasteiger partial charge in [0.15, 0.2) is 4.34 Å². The maximum Gasteiger partial charge on any atom is 0.228 e. The molecule has 0 aliphatic rings. The fourth-order valence-electron chi connectivity index (χ4n) is 0.947. The molecule has 2 aromatic heterocycles. The van der Waals surface area contributed by atoms with E-state index in [9.17, 15) is 0 Å². The van der Waals surface area contributed by atoms with E-state index in [1.54, 1.807) is 18.4 Å². The highest BCUT2D eigenvalue weighted by atomic mass is 35.5. The van der Waals surface area contributed by atoms with Crippen LogP contribution in [-0.2, 0) is 0 Å². The van der Waals surface area contributed by atoms with Gasteiger partial charge in [0.1, 0.15) is 0 Å². The Morgan fingerprint density at radius 1 is 1.31 bits per heavy atom. The molecule has 0 amide bonds. The normalized spacial score (nSPS) is 10.4. The molecule has 0 fully saturated rings. The number of hydrogen-bond donors (Lipinski definition) is 1. The molecule has 1 N–H and O–H groups in total. The Hall–Kier alpha value is -0.920. The molecule has 8 heteroatoms. The second kappa shape index (κ2) is 4.94. The number of rotatable bonds is 3. The van der Waals surface area contributed by atoms with E-state index < -0.39 is 0 Å². The maximum absolute atomic E-state index is 5.77. The van der Waals surface area contributed by atoms with Crippen molar-refractivity contribution < 1.29 is 0 Å². The third kappa shape index (κ3) is 2.81. The van der Waals surface area contributed by atoms with Crippen LogP contribution in [0, 0.1) is 6.92 Å². The summed E-state index contributed by atoms with van der Waals surface area (Å²) in [6, 6.07) is 0. The number of anilines is 1. The Labute approximate surface area is 106 Å². The first-order chi connectivity index (χ1) is 7.67. The summed E-state index contributed by atoms with van der Waals surface area (Å²) >= 11 is 8.69. The number of hydrogen-bond acceptors (Lipinski definition) is 7. The van der Waals surface area contributed by atoms with E-state index in [2.05, 4.69) is 25.3 Å². The Kier molecular flexibility index (Phi) is 3.57. The van der Waals surface area contributed by atoms with Crippen molar-refractivity contribution >= 4 is 40.6 Å². The first kappa shape index (κ1) is 11.6. The van der Waals surface area contributed by atoms with Gasteiger partial charge in [0.05, 0.1) is 0 Å². The first-order valence-electron chi connectivity index (χ1n) is 4.36.